The molecular weight excluding hydrogens is 412 g/mol. The lowest BCUT2D eigenvalue weighted by Gasteiger charge is -2.17. The third-order valence-corrected chi connectivity index (χ3v) is 6.54. The standard InChI is InChI=1S/C24H26N2O4S/c1-4-30-24-21(25-16-23(27)26-20-9-6-5-8-18(20)3)10-7-11-22(24)31(28,29)19-14-12-17(2)13-15-19/h5-15,25H,4,16H2,1-3H3,(H,26,27). The van der Waals surface area contributed by atoms with Gasteiger partial charge in [-0.15, -0.1) is 0 Å². The van der Waals surface area contributed by atoms with Crippen LogP contribution in [-0.4, -0.2) is 27.5 Å². The zero-order chi connectivity index (χ0) is 22.4. The number of rotatable bonds is 8. The van der Waals surface area contributed by atoms with Crippen molar-refractivity contribution in [2.45, 2.75) is 30.6 Å². The van der Waals surface area contributed by atoms with E-state index in [0.29, 0.717) is 5.69 Å². The molecule has 0 aliphatic heterocycles. The van der Waals surface area contributed by atoms with Crippen molar-refractivity contribution in [3.8, 4) is 5.75 Å². The van der Waals surface area contributed by atoms with E-state index in [1.165, 1.54) is 6.07 Å². The van der Waals surface area contributed by atoms with Crippen molar-refractivity contribution in [3.05, 3.63) is 77.9 Å². The molecule has 0 bridgehead atoms. The molecule has 3 aromatic rings. The van der Waals surface area contributed by atoms with Crippen molar-refractivity contribution < 1.29 is 17.9 Å². The van der Waals surface area contributed by atoms with Crippen LogP contribution in [0.4, 0.5) is 11.4 Å². The van der Waals surface area contributed by atoms with E-state index in [9.17, 15) is 13.2 Å². The average Bonchev–Trinajstić information content (AvgIpc) is 2.75. The van der Waals surface area contributed by atoms with Gasteiger partial charge in [-0.1, -0.05) is 42.0 Å². The lowest BCUT2D eigenvalue weighted by atomic mass is 10.2. The molecule has 7 heteroatoms. The van der Waals surface area contributed by atoms with E-state index in [1.54, 1.807) is 43.3 Å². The Morgan fingerprint density at radius 2 is 1.58 bits per heavy atom. The number of hydrogen-bond acceptors (Lipinski definition) is 5. The minimum atomic E-state index is -3.79. The van der Waals surface area contributed by atoms with Crippen LogP contribution in [0.15, 0.2) is 76.5 Å². The van der Waals surface area contributed by atoms with Crippen LogP contribution >= 0.6 is 0 Å². The Morgan fingerprint density at radius 3 is 2.26 bits per heavy atom. The molecule has 6 nitrogen and oxygen atoms in total. The Balaban J connectivity index is 1.85. The van der Waals surface area contributed by atoms with Gasteiger partial charge in [-0.25, -0.2) is 8.42 Å². The third kappa shape index (κ3) is 5.24. The SMILES string of the molecule is CCOc1c(NCC(=O)Nc2ccccc2C)cccc1S(=O)(=O)c1ccc(C)cc1. The van der Waals surface area contributed by atoms with Crippen LogP contribution in [-0.2, 0) is 14.6 Å². The summed E-state index contributed by atoms with van der Waals surface area (Å²) in [6.45, 7) is 5.83. The van der Waals surface area contributed by atoms with Gasteiger partial charge in [0.15, 0.2) is 5.75 Å². The second-order valence-electron chi connectivity index (χ2n) is 7.10. The summed E-state index contributed by atoms with van der Waals surface area (Å²) in [7, 11) is -3.79. The minimum Gasteiger partial charge on any atom is -0.490 e. The third-order valence-electron chi connectivity index (χ3n) is 4.75. The van der Waals surface area contributed by atoms with E-state index in [0.717, 1.165) is 16.8 Å². The molecule has 2 N–H and O–H groups in total. The van der Waals surface area contributed by atoms with Crippen molar-refractivity contribution in [1.82, 2.24) is 0 Å². The van der Waals surface area contributed by atoms with Gasteiger partial charge in [-0.05, 0) is 56.7 Å². The number of nitrogens with one attached hydrogen (secondary N) is 2. The summed E-state index contributed by atoms with van der Waals surface area (Å²) >= 11 is 0. The van der Waals surface area contributed by atoms with Crippen molar-refractivity contribution in [2.75, 3.05) is 23.8 Å². The molecule has 0 saturated carbocycles. The van der Waals surface area contributed by atoms with E-state index in [-0.39, 0.29) is 34.6 Å². The van der Waals surface area contributed by atoms with Crippen LogP contribution in [0.5, 0.6) is 5.75 Å². The van der Waals surface area contributed by atoms with Gasteiger partial charge in [0.2, 0.25) is 15.7 Å². The first-order chi connectivity index (χ1) is 14.8. The molecule has 1 amide bonds. The normalized spacial score (nSPS) is 11.1. The smallest absolute Gasteiger partial charge is 0.243 e. The molecule has 0 unspecified atom stereocenters. The molecule has 31 heavy (non-hydrogen) atoms. The molecule has 0 radical (unpaired) electrons. The number of carbonyl (C=O) groups is 1. The van der Waals surface area contributed by atoms with Crippen LogP contribution in [0.3, 0.4) is 0 Å². The summed E-state index contributed by atoms with van der Waals surface area (Å²) in [5.41, 5.74) is 3.10. The number of amides is 1. The van der Waals surface area contributed by atoms with Crippen molar-refractivity contribution in [1.29, 1.82) is 0 Å². The monoisotopic (exact) mass is 438 g/mol. The maximum Gasteiger partial charge on any atom is 0.243 e. The fraction of sp³-hybridized carbons (Fsp3) is 0.208. The first-order valence-electron chi connectivity index (χ1n) is 10.00. The number of anilines is 2. The van der Waals surface area contributed by atoms with Gasteiger partial charge >= 0.3 is 0 Å². The largest absolute Gasteiger partial charge is 0.490 e. The highest BCUT2D eigenvalue weighted by Crippen LogP contribution is 2.36. The summed E-state index contributed by atoms with van der Waals surface area (Å²) in [5, 5.41) is 5.86. The Hall–Kier alpha value is -3.32. The first kappa shape index (κ1) is 22.4. The average molecular weight is 439 g/mol. The van der Waals surface area contributed by atoms with Gasteiger partial charge in [-0.3, -0.25) is 4.79 Å². The summed E-state index contributed by atoms with van der Waals surface area (Å²) in [6, 6.07) is 19.0. The van der Waals surface area contributed by atoms with Gasteiger partial charge in [0, 0.05) is 5.69 Å². The highest BCUT2D eigenvalue weighted by molar-refractivity contribution is 7.91. The van der Waals surface area contributed by atoms with E-state index in [4.69, 9.17) is 4.74 Å². The summed E-state index contributed by atoms with van der Waals surface area (Å²) in [6.07, 6.45) is 0. The molecule has 162 valence electrons. The fourth-order valence-corrected chi connectivity index (χ4v) is 4.51. The number of aryl methyl sites for hydroxylation is 2. The number of para-hydroxylation sites is 2. The molecule has 0 fully saturated rings. The molecule has 0 spiro atoms. The van der Waals surface area contributed by atoms with Crippen LogP contribution in [0.2, 0.25) is 0 Å². The topological polar surface area (TPSA) is 84.5 Å². The van der Waals surface area contributed by atoms with Crippen molar-refractivity contribution >= 4 is 27.1 Å². The van der Waals surface area contributed by atoms with E-state index >= 15 is 0 Å². The zero-order valence-corrected chi connectivity index (χ0v) is 18.6. The van der Waals surface area contributed by atoms with Crippen LogP contribution in [0, 0.1) is 13.8 Å². The molecule has 0 atom stereocenters. The number of carbonyl (C=O) groups excluding carboxylic acids is 1. The van der Waals surface area contributed by atoms with Gasteiger partial charge in [-0.2, -0.15) is 0 Å². The van der Waals surface area contributed by atoms with E-state index in [2.05, 4.69) is 10.6 Å². The lowest BCUT2D eigenvalue weighted by Crippen LogP contribution is -2.22. The first-order valence-corrected chi connectivity index (χ1v) is 11.5. The Kier molecular flexibility index (Phi) is 6.97. The number of sulfone groups is 1. The zero-order valence-electron chi connectivity index (χ0n) is 17.8. The predicted molar refractivity (Wildman–Crippen MR) is 123 cm³/mol. The highest BCUT2D eigenvalue weighted by atomic mass is 32.2. The molecule has 0 aliphatic rings. The second-order valence-corrected chi connectivity index (χ2v) is 9.02. The fourth-order valence-electron chi connectivity index (χ4n) is 3.09. The molecule has 3 aromatic carbocycles. The molecule has 0 saturated heterocycles. The highest BCUT2D eigenvalue weighted by Gasteiger charge is 2.24. The van der Waals surface area contributed by atoms with E-state index in [1.807, 2.05) is 38.1 Å². The molecule has 0 heterocycles. The van der Waals surface area contributed by atoms with Crippen molar-refractivity contribution in [2.24, 2.45) is 0 Å². The summed E-state index contributed by atoms with van der Waals surface area (Å²) < 4.78 is 32.1. The Morgan fingerprint density at radius 1 is 0.903 bits per heavy atom. The quantitative estimate of drug-likeness (QED) is 0.538. The minimum absolute atomic E-state index is 0.0392. The summed E-state index contributed by atoms with van der Waals surface area (Å²) in [5.74, 6) is -0.0437. The van der Waals surface area contributed by atoms with Crippen LogP contribution in [0.25, 0.3) is 0 Å². The van der Waals surface area contributed by atoms with Gasteiger partial charge in [0.05, 0.1) is 23.7 Å². The van der Waals surface area contributed by atoms with Gasteiger partial charge in [0.1, 0.15) is 4.90 Å². The Bertz CT molecular complexity index is 1170. The molecule has 0 aromatic heterocycles. The maximum absolute atomic E-state index is 13.2. The second kappa shape index (κ2) is 9.66. The van der Waals surface area contributed by atoms with Crippen molar-refractivity contribution in [3.63, 3.8) is 0 Å². The number of hydrogen-bond donors (Lipinski definition) is 2. The van der Waals surface area contributed by atoms with Crippen LogP contribution in [0.1, 0.15) is 18.1 Å². The van der Waals surface area contributed by atoms with Gasteiger partial charge in [0.25, 0.3) is 0 Å². The molecule has 0 aliphatic carbocycles. The van der Waals surface area contributed by atoms with E-state index < -0.39 is 9.84 Å². The molecular formula is C24H26N2O4S. The molecule has 3 rings (SSSR count). The summed E-state index contributed by atoms with van der Waals surface area (Å²) in [4.78, 5) is 12.7. The van der Waals surface area contributed by atoms with Gasteiger partial charge < -0.3 is 15.4 Å². The lowest BCUT2D eigenvalue weighted by molar-refractivity contribution is -0.114. The Labute approximate surface area is 183 Å². The maximum atomic E-state index is 13.2. The number of ether oxygens (including phenoxy) is 1. The van der Waals surface area contributed by atoms with Crippen LogP contribution < -0.4 is 15.4 Å². The predicted octanol–water partition coefficient (Wildman–Crippen LogP) is 4.59. The number of benzene rings is 3.